The van der Waals surface area contributed by atoms with E-state index in [1.807, 2.05) is 6.92 Å². The highest BCUT2D eigenvalue weighted by molar-refractivity contribution is 5.95. The zero-order chi connectivity index (χ0) is 20.8. The molecule has 0 aliphatic heterocycles. The lowest BCUT2D eigenvalue weighted by atomic mass is 10.2. The van der Waals surface area contributed by atoms with E-state index in [1.165, 1.54) is 5.56 Å². The standard InChI is InChI=1S/C24H27N3O2/c1-5-13-29-23-11-9-20(10-12-23)24(28)26-25-16-21-15-18(3)27(19(21)4)22-8-6-7-17(2)14-22/h6-12,14-16H,5,13H2,1-4H3,(H,26,28)/b25-16+. The van der Waals surface area contributed by atoms with Crippen molar-refractivity contribution in [3.63, 3.8) is 0 Å². The minimum Gasteiger partial charge on any atom is -0.494 e. The van der Waals surface area contributed by atoms with Gasteiger partial charge in [-0.25, -0.2) is 5.43 Å². The Kier molecular flexibility index (Phi) is 6.50. The Bertz CT molecular complexity index is 1020. The molecule has 0 spiro atoms. The van der Waals surface area contributed by atoms with Crippen molar-refractivity contribution in [2.75, 3.05) is 6.61 Å². The fourth-order valence-corrected chi connectivity index (χ4v) is 3.23. The summed E-state index contributed by atoms with van der Waals surface area (Å²) in [7, 11) is 0. The van der Waals surface area contributed by atoms with Crippen LogP contribution in [0.1, 0.15) is 46.2 Å². The van der Waals surface area contributed by atoms with Crippen molar-refractivity contribution in [1.82, 2.24) is 9.99 Å². The number of carbonyl (C=O) groups is 1. The predicted octanol–water partition coefficient (Wildman–Crippen LogP) is 4.96. The summed E-state index contributed by atoms with van der Waals surface area (Å²) in [6.45, 7) is 8.91. The SMILES string of the molecule is CCCOc1ccc(C(=O)N/N=C/c2cc(C)n(-c3cccc(C)c3)c2C)cc1. The van der Waals surface area contributed by atoms with Crippen LogP contribution in [0.15, 0.2) is 59.7 Å². The topological polar surface area (TPSA) is 55.6 Å². The van der Waals surface area contributed by atoms with Crippen LogP contribution in [0.4, 0.5) is 0 Å². The maximum Gasteiger partial charge on any atom is 0.271 e. The number of ether oxygens (including phenoxy) is 1. The van der Waals surface area contributed by atoms with Gasteiger partial charge >= 0.3 is 0 Å². The molecule has 2 aromatic carbocycles. The van der Waals surface area contributed by atoms with Crippen LogP contribution in [0.3, 0.4) is 0 Å². The number of benzene rings is 2. The summed E-state index contributed by atoms with van der Waals surface area (Å²) in [6, 6.07) is 17.5. The first kappa shape index (κ1) is 20.4. The Morgan fingerprint density at radius 2 is 1.86 bits per heavy atom. The molecule has 0 aliphatic carbocycles. The third-order valence-corrected chi connectivity index (χ3v) is 4.69. The summed E-state index contributed by atoms with van der Waals surface area (Å²) < 4.78 is 7.72. The van der Waals surface area contributed by atoms with Crippen LogP contribution >= 0.6 is 0 Å². The third-order valence-electron chi connectivity index (χ3n) is 4.69. The molecule has 1 heterocycles. The van der Waals surface area contributed by atoms with Gasteiger partial charge in [0.2, 0.25) is 0 Å². The first-order valence-electron chi connectivity index (χ1n) is 9.82. The Hall–Kier alpha value is -3.34. The molecule has 0 saturated carbocycles. The van der Waals surface area contributed by atoms with Crippen LogP contribution in [0, 0.1) is 20.8 Å². The Morgan fingerprint density at radius 1 is 1.10 bits per heavy atom. The quantitative estimate of drug-likeness (QED) is 0.459. The van der Waals surface area contributed by atoms with Gasteiger partial charge < -0.3 is 9.30 Å². The fraction of sp³-hybridized carbons (Fsp3) is 0.250. The van der Waals surface area contributed by atoms with Crippen LogP contribution in [0.25, 0.3) is 5.69 Å². The number of rotatable bonds is 7. The van der Waals surface area contributed by atoms with Crippen molar-refractivity contribution in [2.24, 2.45) is 5.10 Å². The lowest BCUT2D eigenvalue weighted by molar-refractivity contribution is 0.0955. The van der Waals surface area contributed by atoms with Gasteiger partial charge in [0.05, 0.1) is 12.8 Å². The summed E-state index contributed by atoms with van der Waals surface area (Å²) >= 11 is 0. The predicted molar refractivity (Wildman–Crippen MR) is 117 cm³/mol. The van der Waals surface area contributed by atoms with E-state index < -0.39 is 0 Å². The van der Waals surface area contributed by atoms with Gasteiger partial charge in [-0.1, -0.05) is 19.1 Å². The third kappa shape index (κ3) is 4.93. The first-order valence-corrected chi connectivity index (χ1v) is 9.82. The van der Waals surface area contributed by atoms with Crippen LogP contribution in [-0.2, 0) is 0 Å². The zero-order valence-electron chi connectivity index (χ0n) is 17.4. The molecule has 29 heavy (non-hydrogen) atoms. The molecule has 5 heteroatoms. The average molecular weight is 389 g/mol. The summed E-state index contributed by atoms with van der Waals surface area (Å²) in [5, 5.41) is 4.15. The number of hydrazone groups is 1. The second kappa shape index (κ2) is 9.24. The average Bonchev–Trinajstić information content (AvgIpc) is 3.00. The molecule has 0 atom stereocenters. The monoisotopic (exact) mass is 389 g/mol. The summed E-state index contributed by atoms with van der Waals surface area (Å²) in [4.78, 5) is 12.3. The number of amides is 1. The maximum absolute atomic E-state index is 12.3. The number of nitrogens with zero attached hydrogens (tertiary/aromatic N) is 2. The van der Waals surface area contributed by atoms with E-state index in [9.17, 15) is 4.79 Å². The van der Waals surface area contributed by atoms with Crippen molar-refractivity contribution < 1.29 is 9.53 Å². The van der Waals surface area contributed by atoms with E-state index >= 15 is 0 Å². The van der Waals surface area contributed by atoms with E-state index in [0.29, 0.717) is 12.2 Å². The Morgan fingerprint density at radius 3 is 2.55 bits per heavy atom. The molecule has 1 amide bonds. The van der Waals surface area contributed by atoms with Crippen LogP contribution in [0.5, 0.6) is 5.75 Å². The second-order valence-electron chi connectivity index (χ2n) is 7.07. The molecule has 0 unspecified atom stereocenters. The van der Waals surface area contributed by atoms with E-state index in [4.69, 9.17) is 4.74 Å². The van der Waals surface area contributed by atoms with Gasteiger partial charge in [-0.05, 0) is 75.2 Å². The summed E-state index contributed by atoms with van der Waals surface area (Å²) in [6.07, 6.45) is 2.63. The molecule has 3 rings (SSSR count). The van der Waals surface area contributed by atoms with E-state index in [2.05, 4.69) is 66.2 Å². The van der Waals surface area contributed by atoms with Crippen molar-refractivity contribution in [2.45, 2.75) is 34.1 Å². The molecule has 0 fully saturated rings. The number of hydrogen-bond donors (Lipinski definition) is 1. The highest BCUT2D eigenvalue weighted by Crippen LogP contribution is 2.20. The number of nitrogens with one attached hydrogen (secondary N) is 1. The highest BCUT2D eigenvalue weighted by Gasteiger charge is 2.10. The lowest BCUT2D eigenvalue weighted by Gasteiger charge is -2.10. The van der Waals surface area contributed by atoms with Gasteiger partial charge in [0, 0.05) is 28.2 Å². The smallest absolute Gasteiger partial charge is 0.271 e. The fourth-order valence-electron chi connectivity index (χ4n) is 3.23. The second-order valence-corrected chi connectivity index (χ2v) is 7.07. The Labute approximate surface area is 172 Å². The number of carbonyl (C=O) groups excluding carboxylic acids is 1. The molecule has 0 aliphatic rings. The molecule has 5 nitrogen and oxygen atoms in total. The van der Waals surface area contributed by atoms with E-state index in [-0.39, 0.29) is 5.91 Å². The summed E-state index contributed by atoms with van der Waals surface area (Å²) in [5.41, 5.74) is 8.62. The van der Waals surface area contributed by atoms with Gasteiger partial charge in [0.1, 0.15) is 5.75 Å². The largest absolute Gasteiger partial charge is 0.494 e. The van der Waals surface area contributed by atoms with Gasteiger partial charge in [0.25, 0.3) is 5.91 Å². The first-order chi connectivity index (χ1) is 14.0. The molecule has 1 N–H and O–H groups in total. The molecule has 1 aromatic heterocycles. The van der Waals surface area contributed by atoms with Crippen molar-refractivity contribution >= 4 is 12.1 Å². The van der Waals surface area contributed by atoms with Crippen LogP contribution in [-0.4, -0.2) is 23.3 Å². The van der Waals surface area contributed by atoms with Gasteiger partial charge in [-0.2, -0.15) is 5.10 Å². The molecular weight excluding hydrogens is 362 g/mol. The van der Waals surface area contributed by atoms with Crippen molar-refractivity contribution in [3.05, 3.63) is 82.7 Å². The lowest BCUT2D eigenvalue weighted by Crippen LogP contribution is -2.17. The zero-order valence-corrected chi connectivity index (χ0v) is 17.4. The minimum absolute atomic E-state index is 0.254. The van der Waals surface area contributed by atoms with Crippen LogP contribution < -0.4 is 10.2 Å². The van der Waals surface area contributed by atoms with Crippen molar-refractivity contribution in [3.8, 4) is 11.4 Å². The molecule has 0 bridgehead atoms. The van der Waals surface area contributed by atoms with Gasteiger partial charge in [-0.3, -0.25) is 4.79 Å². The molecule has 0 saturated heterocycles. The number of hydrogen-bond acceptors (Lipinski definition) is 3. The number of aromatic nitrogens is 1. The maximum atomic E-state index is 12.3. The molecular formula is C24H27N3O2. The van der Waals surface area contributed by atoms with Gasteiger partial charge in [-0.15, -0.1) is 0 Å². The minimum atomic E-state index is -0.254. The van der Waals surface area contributed by atoms with Crippen LogP contribution in [0.2, 0.25) is 0 Å². The normalized spacial score (nSPS) is 11.0. The van der Waals surface area contributed by atoms with Crippen molar-refractivity contribution in [1.29, 1.82) is 0 Å². The molecule has 150 valence electrons. The molecule has 3 aromatic rings. The van der Waals surface area contributed by atoms with E-state index in [0.717, 1.165) is 34.8 Å². The summed E-state index contributed by atoms with van der Waals surface area (Å²) in [5.74, 6) is 0.506. The van der Waals surface area contributed by atoms with Gasteiger partial charge in [0.15, 0.2) is 0 Å². The number of aryl methyl sites for hydroxylation is 2. The molecule has 0 radical (unpaired) electrons. The Balaban J connectivity index is 1.69. The highest BCUT2D eigenvalue weighted by atomic mass is 16.5. The van der Waals surface area contributed by atoms with E-state index in [1.54, 1.807) is 30.5 Å².